The first-order valence-corrected chi connectivity index (χ1v) is 11.2. The molecule has 1 atom stereocenters. The highest BCUT2D eigenvalue weighted by Gasteiger charge is 2.28. The molecule has 162 valence electrons. The molecule has 1 unspecified atom stereocenters. The Balaban J connectivity index is 1.40. The molecule has 0 N–H and O–H groups in total. The molecule has 7 heteroatoms. The summed E-state index contributed by atoms with van der Waals surface area (Å²) in [6.07, 6.45) is 1.80. The van der Waals surface area contributed by atoms with E-state index < -0.39 is 6.04 Å². The summed E-state index contributed by atoms with van der Waals surface area (Å²) in [5.74, 6) is 1.03. The number of fused-ring (bicyclic) bond motifs is 1. The molecule has 1 aliphatic heterocycles. The number of rotatable bonds is 4. The van der Waals surface area contributed by atoms with E-state index in [0.717, 1.165) is 41.1 Å². The number of carbonyl (C=O) groups excluding carboxylic acids is 1. The maximum absolute atomic E-state index is 13.4. The number of pyridine rings is 1. The van der Waals surface area contributed by atoms with Crippen LogP contribution in [0, 0.1) is 0 Å². The number of amides is 1. The van der Waals surface area contributed by atoms with E-state index in [9.17, 15) is 4.79 Å². The van der Waals surface area contributed by atoms with Crippen molar-refractivity contribution < 1.29 is 4.79 Å². The number of aromatic nitrogens is 3. The molecule has 2 aromatic carbocycles. The Labute approximate surface area is 192 Å². The van der Waals surface area contributed by atoms with Crippen LogP contribution in [-0.4, -0.2) is 51.8 Å². The van der Waals surface area contributed by atoms with Crippen LogP contribution in [-0.2, 0) is 4.79 Å². The maximum Gasteiger partial charge on any atom is 0.247 e. The number of piperazine rings is 1. The molecule has 0 bridgehead atoms. The highest BCUT2D eigenvalue weighted by molar-refractivity contribution is 6.31. The summed E-state index contributed by atoms with van der Waals surface area (Å²) < 4.78 is 1.83. The Morgan fingerprint density at radius 2 is 1.72 bits per heavy atom. The normalized spacial score (nSPS) is 15.2. The fraction of sp³-hybridized carbons (Fsp3) is 0.240. The fourth-order valence-corrected chi connectivity index (χ4v) is 4.46. The van der Waals surface area contributed by atoms with E-state index in [4.69, 9.17) is 16.7 Å². The number of nitrogens with zero attached hydrogens (tertiary/aromatic N) is 5. The third kappa shape index (κ3) is 3.82. The average molecular weight is 446 g/mol. The van der Waals surface area contributed by atoms with Gasteiger partial charge < -0.3 is 9.80 Å². The molecule has 1 fully saturated rings. The van der Waals surface area contributed by atoms with E-state index in [1.807, 2.05) is 83.2 Å². The molecule has 0 aliphatic carbocycles. The molecule has 2 aromatic heterocycles. The zero-order chi connectivity index (χ0) is 22.1. The molecular weight excluding hydrogens is 422 g/mol. The molecule has 4 aromatic rings. The largest absolute Gasteiger partial charge is 0.353 e. The van der Waals surface area contributed by atoms with Crippen molar-refractivity contribution >= 4 is 34.2 Å². The number of anilines is 1. The lowest BCUT2D eigenvalue weighted by atomic mass is 10.1. The van der Waals surface area contributed by atoms with Gasteiger partial charge in [-0.25, -0.2) is 4.98 Å². The number of hydrogen-bond acceptors (Lipinski definition) is 4. The molecule has 1 saturated heterocycles. The summed E-state index contributed by atoms with van der Waals surface area (Å²) in [5.41, 5.74) is 2.74. The van der Waals surface area contributed by atoms with E-state index in [-0.39, 0.29) is 5.91 Å². The Hall–Kier alpha value is -3.38. The first kappa shape index (κ1) is 20.5. The molecule has 0 spiro atoms. The van der Waals surface area contributed by atoms with E-state index >= 15 is 0 Å². The molecule has 32 heavy (non-hydrogen) atoms. The van der Waals surface area contributed by atoms with Gasteiger partial charge in [-0.1, -0.05) is 48.0 Å². The zero-order valence-electron chi connectivity index (χ0n) is 17.9. The van der Waals surface area contributed by atoms with Crippen molar-refractivity contribution in [3.8, 4) is 11.3 Å². The predicted octanol–water partition coefficient (Wildman–Crippen LogP) is 4.66. The average Bonchev–Trinajstić information content (AvgIpc) is 3.23. The van der Waals surface area contributed by atoms with Crippen LogP contribution in [0.5, 0.6) is 0 Å². The molecule has 3 heterocycles. The van der Waals surface area contributed by atoms with E-state index in [0.29, 0.717) is 18.1 Å². The van der Waals surface area contributed by atoms with Crippen molar-refractivity contribution in [3.05, 3.63) is 77.9 Å². The zero-order valence-corrected chi connectivity index (χ0v) is 18.6. The highest BCUT2D eigenvalue weighted by Crippen LogP contribution is 2.32. The standard InChI is InChI=1S/C25H24ClN5O/c1-18(25(32)30-15-13-29(14-16-30)23-9-5-6-12-27-23)31-22-11-10-20(26)17-21(22)24(28-31)19-7-3-2-4-8-19/h2-12,17-18H,13-16H2,1H3. The third-order valence-electron chi connectivity index (χ3n) is 6.00. The summed E-state index contributed by atoms with van der Waals surface area (Å²) in [6.45, 7) is 4.77. The van der Waals surface area contributed by atoms with E-state index in [2.05, 4.69) is 9.88 Å². The monoisotopic (exact) mass is 445 g/mol. The van der Waals surface area contributed by atoms with Gasteiger partial charge in [-0.15, -0.1) is 0 Å². The molecular formula is C25H24ClN5O. The molecule has 1 aliphatic rings. The van der Waals surface area contributed by atoms with Crippen LogP contribution >= 0.6 is 11.6 Å². The van der Waals surface area contributed by atoms with Crippen molar-refractivity contribution in [2.75, 3.05) is 31.1 Å². The minimum absolute atomic E-state index is 0.0737. The lowest BCUT2D eigenvalue weighted by molar-refractivity contribution is -0.134. The van der Waals surface area contributed by atoms with Crippen molar-refractivity contribution in [1.29, 1.82) is 0 Å². The minimum atomic E-state index is -0.419. The molecule has 1 amide bonds. The van der Waals surface area contributed by atoms with Gasteiger partial charge in [0.1, 0.15) is 17.6 Å². The molecule has 5 rings (SSSR count). The Bertz CT molecular complexity index is 1230. The van der Waals surface area contributed by atoms with Gasteiger partial charge in [0.15, 0.2) is 0 Å². The molecule has 0 radical (unpaired) electrons. The van der Waals surface area contributed by atoms with Crippen LogP contribution in [0.4, 0.5) is 5.82 Å². The minimum Gasteiger partial charge on any atom is -0.353 e. The second-order valence-corrected chi connectivity index (χ2v) is 8.43. The second-order valence-electron chi connectivity index (χ2n) is 8.00. The highest BCUT2D eigenvalue weighted by atomic mass is 35.5. The van der Waals surface area contributed by atoms with E-state index in [1.165, 1.54) is 0 Å². The first-order chi connectivity index (χ1) is 15.6. The van der Waals surface area contributed by atoms with Crippen LogP contribution in [0.1, 0.15) is 13.0 Å². The Morgan fingerprint density at radius 1 is 0.969 bits per heavy atom. The maximum atomic E-state index is 13.4. The summed E-state index contributed by atoms with van der Waals surface area (Å²) >= 11 is 6.29. The SMILES string of the molecule is CC(C(=O)N1CCN(c2ccccn2)CC1)n1nc(-c2ccccc2)c2cc(Cl)ccc21. The molecule has 6 nitrogen and oxygen atoms in total. The third-order valence-corrected chi connectivity index (χ3v) is 6.24. The summed E-state index contributed by atoms with van der Waals surface area (Å²) in [6, 6.07) is 21.2. The van der Waals surface area contributed by atoms with Gasteiger partial charge in [-0.05, 0) is 37.3 Å². The summed E-state index contributed by atoms with van der Waals surface area (Å²) in [4.78, 5) is 22.0. The number of hydrogen-bond donors (Lipinski definition) is 0. The van der Waals surface area contributed by atoms with Crippen LogP contribution in [0.15, 0.2) is 72.9 Å². The van der Waals surface area contributed by atoms with Crippen molar-refractivity contribution in [1.82, 2.24) is 19.7 Å². The van der Waals surface area contributed by atoms with Crippen molar-refractivity contribution in [2.24, 2.45) is 0 Å². The number of halogens is 1. The van der Waals surface area contributed by atoms with Crippen molar-refractivity contribution in [2.45, 2.75) is 13.0 Å². The van der Waals surface area contributed by atoms with Gasteiger partial charge in [-0.3, -0.25) is 9.48 Å². The predicted molar refractivity (Wildman–Crippen MR) is 128 cm³/mol. The van der Waals surface area contributed by atoms with Gasteiger partial charge in [0.25, 0.3) is 0 Å². The quantitative estimate of drug-likeness (QED) is 0.458. The number of carbonyl (C=O) groups is 1. The van der Waals surface area contributed by atoms with E-state index in [1.54, 1.807) is 6.20 Å². The number of benzene rings is 2. The van der Waals surface area contributed by atoms with Crippen LogP contribution < -0.4 is 4.90 Å². The van der Waals surface area contributed by atoms with Gasteiger partial charge >= 0.3 is 0 Å². The van der Waals surface area contributed by atoms with Gasteiger partial charge in [-0.2, -0.15) is 5.10 Å². The Kier molecular flexibility index (Phi) is 5.53. The van der Waals surface area contributed by atoms with Gasteiger partial charge in [0.2, 0.25) is 5.91 Å². The van der Waals surface area contributed by atoms with Gasteiger partial charge in [0.05, 0.1) is 5.52 Å². The van der Waals surface area contributed by atoms with Crippen LogP contribution in [0.25, 0.3) is 22.2 Å². The summed E-state index contributed by atoms with van der Waals surface area (Å²) in [7, 11) is 0. The van der Waals surface area contributed by atoms with Crippen LogP contribution in [0.2, 0.25) is 5.02 Å². The second kappa shape index (κ2) is 8.63. The smallest absolute Gasteiger partial charge is 0.247 e. The van der Waals surface area contributed by atoms with Gasteiger partial charge in [0, 0.05) is 48.3 Å². The lowest BCUT2D eigenvalue weighted by Gasteiger charge is -2.36. The summed E-state index contributed by atoms with van der Waals surface area (Å²) in [5, 5.41) is 6.47. The first-order valence-electron chi connectivity index (χ1n) is 10.8. The fourth-order valence-electron chi connectivity index (χ4n) is 4.28. The van der Waals surface area contributed by atoms with Crippen molar-refractivity contribution in [3.63, 3.8) is 0 Å². The topological polar surface area (TPSA) is 54.3 Å². The Morgan fingerprint density at radius 3 is 2.44 bits per heavy atom. The van der Waals surface area contributed by atoms with Crippen LogP contribution in [0.3, 0.4) is 0 Å². The molecule has 0 saturated carbocycles. The lowest BCUT2D eigenvalue weighted by Crippen LogP contribution is -2.50.